The average Bonchev–Trinajstić information content (AvgIpc) is 2.98. The van der Waals surface area contributed by atoms with Crippen LogP contribution in [-0.2, 0) is 9.59 Å². The summed E-state index contributed by atoms with van der Waals surface area (Å²) in [5.74, 6) is 1.52. The number of carbonyl (C=O) groups excluding carboxylic acids is 2. The highest BCUT2D eigenvalue weighted by Crippen LogP contribution is 2.32. The Balaban J connectivity index is 1.55. The molecule has 2 amide bonds. The third-order valence-electron chi connectivity index (χ3n) is 4.82. The van der Waals surface area contributed by atoms with Crippen LogP contribution in [0.5, 0.6) is 0 Å². The van der Waals surface area contributed by atoms with Gasteiger partial charge in [0.05, 0.1) is 0 Å². The summed E-state index contributed by atoms with van der Waals surface area (Å²) >= 11 is 0. The van der Waals surface area contributed by atoms with E-state index in [1.54, 1.807) is 0 Å². The first-order valence-electron chi connectivity index (χ1n) is 6.95. The normalized spacial score (nSPS) is 36.7. The van der Waals surface area contributed by atoms with Gasteiger partial charge in [-0.1, -0.05) is 0 Å². The van der Waals surface area contributed by atoms with Crippen molar-refractivity contribution in [2.45, 2.75) is 25.8 Å². The van der Waals surface area contributed by atoms with Crippen molar-refractivity contribution in [3.8, 4) is 0 Å². The molecule has 100 valence electrons. The van der Waals surface area contributed by atoms with Crippen molar-refractivity contribution >= 4 is 11.8 Å². The molecule has 0 aromatic carbocycles. The maximum Gasteiger partial charge on any atom is 0.229 e. The second-order valence-electron chi connectivity index (χ2n) is 5.76. The van der Waals surface area contributed by atoms with E-state index in [4.69, 9.17) is 0 Å². The number of nitrogens with one attached hydrogen (secondary N) is 1. The van der Waals surface area contributed by atoms with Crippen LogP contribution in [-0.4, -0.2) is 60.4 Å². The lowest BCUT2D eigenvalue weighted by atomic mass is 9.95. The molecule has 3 saturated heterocycles. The van der Waals surface area contributed by atoms with Crippen molar-refractivity contribution in [3.63, 3.8) is 0 Å². The lowest BCUT2D eigenvalue weighted by molar-refractivity contribution is -0.138. The van der Waals surface area contributed by atoms with E-state index in [0.29, 0.717) is 25.4 Å². The minimum Gasteiger partial charge on any atom is -0.316 e. The monoisotopic (exact) mass is 251 g/mol. The van der Waals surface area contributed by atoms with Crippen molar-refractivity contribution in [1.29, 1.82) is 0 Å². The predicted molar refractivity (Wildman–Crippen MR) is 66.8 cm³/mol. The third-order valence-corrected chi connectivity index (χ3v) is 4.82. The largest absolute Gasteiger partial charge is 0.316 e. The van der Waals surface area contributed by atoms with E-state index in [2.05, 4.69) is 17.1 Å². The van der Waals surface area contributed by atoms with Crippen LogP contribution in [0.3, 0.4) is 0 Å². The summed E-state index contributed by atoms with van der Waals surface area (Å²) in [5.41, 5.74) is 0. The lowest BCUT2D eigenvalue weighted by Crippen LogP contribution is -2.41. The highest BCUT2D eigenvalue weighted by Gasteiger charge is 2.41. The standard InChI is InChI=1S/C13H21N3O2/c1-9-11-7-14-6-10(11)8-15(9)4-5-16-12(17)2-3-13(16)18/h9-11,14H,2-8H2,1H3. The summed E-state index contributed by atoms with van der Waals surface area (Å²) in [7, 11) is 0. The fourth-order valence-electron chi connectivity index (χ4n) is 3.65. The van der Waals surface area contributed by atoms with Crippen molar-refractivity contribution in [2.75, 3.05) is 32.7 Å². The number of nitrogens with zero attached hydrogens (tertiary/aromatic N) is 2. The maximum absolute atomic E-state index is 11.5. The molecule has 3 unspecified atom stereocenters. The molecular weight excluding hydrogens is 230 g/mol. The molecule has 0 radical (unpaired) electrons. The first-order chi connectivity index (χ1) is 8.66. The summed E-state index contributed by atoms with van der Waals surface area (Å²) in [6, 6.07) is 0.567. The number of rotatable bonds is 3. The summed E-state index contributed by atoms with van der Waals surface area (Å²) in [6.45, 7) is 7.03. The van der Waals surface area contributed by atoms with Gasteiger partial charge in [0.15, 0.2) is 0 Å². The Labute approximate surface area is 107 Å². The molecule has 0 aromatic rings. The summed E-state index contributed by atoms with van der Waals surface area (Å²) in [6.07, 6.45) is 0.813. The fraction of sp³-hybridized carbons (Fsp3) is 0.846. The molecule has 3 aliphatic heterocycles. The molecule has 3 fully saturated rings. The number of imide groups is 1. The molecule has 3 aliphatic rings. The van der Waals surface area contributed by atoms with Crippen molar-refractivity contribution in [3.05, 3.63) is 0 Å². The Morgan fingerprint density at radius 3 is 2.56 bits per heavy atom. The quantitative estimate of drug-likeness (QED) is 0.698. The van der Waals surface area contributed by atoms with Crippen LogP contribution in [0.25, 0.3) is 0 Å². The van der Waals surface area contributed by atoms with Gasteiger partial charge in [-0.25, -0.2) is 0 Å². The van der Waals surface area contributed by atoms with E-state index in [0.717, 1.165) is 38.0 Å². The number of likely N-dealkylation sites (tertiary alicyclic amines) is 2. The molecule has 5 heteroatoms. The van der Waals surface area contributed by atoms with Crippen molar-refractivity contribution in [1.82, 2.24) is 15.1 Å². The van der Waals surface area contributed by atoms with E-state index >= 15 is 0 Å². The molecule has 0 aromatic heterocycles. The van der Waals surface area contributed by atoms with Gasteiger partial charge in [-0.2, -0.15) is 0 Å². The fourth-order valence-corrected chi connectivity index (χ4v) is 3.65. The van der Waals surface area contributed by atoms with Gasteiger partial charge in [-0.15, -0.1) is 0 Å². The Kier molecular flexibility index (Phi) is 3.11. The van der Waals surface area contributed by atoms with Gasteiger partial charge in [0.1, 0.15) is 0 Å². The second kappa shape index (κ2) is 4.63. The van der Waals surface area contributed by atoms with Crippen LogP contribution in [0.15, 0.2) is 0 Å². The smallest absolute Gasteiger partial charge is 0.229 e. The van der Waals surface area contributed by atoms with Crippen LogP contribution < -0.4 is 5.32 Å². The highest BCUT2D eigenvalue weighted by atomic mass is 16.2. The van der Waals surface area contributed by atoms with Crippen molar-refractivity contribution in [2.24, 2.45) is 11.8 Å². The number of hydrogen-bond donors (Lipinski definition) is 1. The number of hydrogen-bond acceptors (Lipinski definition) is 4. The van der Waals surface area contributed by atoms with E-state index in [-0.39, 0.29) is 11.8 Å². The molecule has 3 rings (SSSR count). The first kappa shape index (κ1) is 12.1. The molecule has 5 nitrogen and oxygen atoms in total. The van der Waals surface area contributed by atoms with Gasteiger partial charge in [-0.3, -0.25) is 19.4 Å². The van der Waals surface area contributed by atoms with E-state index in [9.17, 15) is 9.59 Å². The van der Waals surface area contributed by atoms with Gasteiger partial charge in [-0.05, 0) is 31.8 Å². The SMILES string of the molecule is CC1C2CNCC2CN1CCN1C(=O)CCC1=O. The number of amides is 2. The van der Waals surface area contributed by atoms with Crippen LogP contribution in [0, 0.1) is 11.8 Å². The molecule has 3 heterocycles. The summed E-state index contributed by atoms with van der Waals surface area (Å²) in [4.78, 5) is 27.0. The molecule has 0 spiro atoms. The molecular formula is C13H21N3O2. The van der Waals surface area contributed by atoms with Gasteiger partial charge >= 0.3 is 0 Å². The zero-order valence-corrected chi connectivity index (χ0v) is 10.9. The number of fused-ring (bicyclic) bond motifs is 1. The summed E-state index contributed by atoms with van der Waals surface area (Å²) < 4.78 is 0. The Morgan fingerprint density at radius 1 is 1.17 bits per heavy atom. The predicted octanol–water partition coefficient (Wildman–Crippen LogP) is -0.325. The highest BCUT2D eigenvalue weighted by molar-refractivity contribution is 6.01. The van der Waals surface area contributed by atoms with E-state index in [1.165, 1.54) is 4.90 Å². The van der Waals surface area contributed by atoms with Gasteiger partial charge in [0.25, 0.3) is 0 Å². The van der Waals surface area contributed by atoms with Gasteiger partial charge < -0.3 is 5.32 Å². The zero-order chi connectivity index (χ0) is 12.7. The Hall–Kier alpha value is -0.940. The third kappa shape index (κ3) is 1.95. The Morgan fingerprint density at radius 2 is 1.89 bits per heavy atom. The summed E-state index contributed by atoms with van der Waals surface area (Å²) in [5, 5.41) is 3.44. The second-order valence-corrected chi connectivity index (χ2v) is 5.76. The molecule has 0 aliphatic carbocycles. The minimum atomic E-state index is 0.00807. The van der Waals surface area contributed by atoms with Crippen LogP contribution in [0.2, 0.25) is 0 Å². The zero-order valence-electron chi connectivity index (χ0n) is 10.9. The molecule has 0 bridgehead atoms. The van der Waals surface area contributed by atoms with Crippen LogP contribution >= 0.6 is 0 Å². The molecule has 1 N–H and O–H groups in total. The molecule has 0 saturated carbocycles. The topological polar surface area (TPSA) is 52.6 Å². The number of carbonyl (C=O) groups is 2. The van der Waals surface area contributed by atoms with Crippen LogP contribution in [0.1, 0.15) is 19.8 Å². The van der Waals surface area contributed by atoms with Crippen molar-refractivity contribution < 1.29 is 9.59 Å². The molecule has 3 atom stereocenters. The minimum absolute atomic E-state index is 0.00807. The van der Waals surface area contributed by atoms with Crippen LogP contribution in [0.4, 0.5) is 0 Å². The van der Waals surface area contributed by atoms with Gasteiger partial charge in [0, 0.05) is 38.5 Å². The Bertz CT molecular complexity index is 355. The average molecular weight is 251 g/mol. The lowest BCUT2D eigenvalue weighted by Gasteiger charge is -2.26. The van der Waals surface area contributed by atoms with Gasteiger partial charge in [0.2, 0.25) is 11.8 Å². The maximum atomic E-state index is 11.5. The first-order valence-corrected chi connectivity index (χ1v) is 6.95. The van der Waals surface area contributed by atoms with E-state index in [1.807, 2.05) is 0 Å². The molecule has 18 heavy (non-hydrogen) atoms. The van der Waals surface area contributed by atoms with E-state index < -0.39 is 0 Å².